The summed E-state index contributed by atoms with van der Waals surface area (Å²) in [5.74, 6) is -0.269. The van der Waals surface area contributed by atoms with Gasteiger partial charge in [0.05, 0.1) is 29.0 Å². The average molecular weight is 590 g/mol. The Bertz CT molecular complexity index is 1800. The maximum absolute atomic E-state index is 13.9. The summed E-state index contributed by atoms with van der Waals surface area (Å²) in [5.41, 5.74) is 0.996. The van der Waals surface area contributed by atoms with Crippen LogP contribution in [0, 0.1) is 0 Å². The molecule has 0 aliphatic carbocycles. The van der Waals surface area contributed by atoms with Crippen molar-refractivity contribution in [1.29, 1.82) is 0 Å². The van der Waals surface area contributed by atoms with Crippen LogP contribution in [0.3, 0.4) is 0 Å². The summed E-state index contributed by atoms with van der Waals surface area (Å²) < 4.78 is 29.0. The smallest absolute Gasteiger partial charge is 0.407 e. The molecule has 3 aliphatic heterocycles. The van der Waals surface area contributed by atoms with Crippen LogP contribution in [0.15, 0.2) is 29.1 Å². The summed E-state index contributed by atoms with van der Waals surface area (Å²) in [6, 6.07) is 5.33. The number of carbonyl (C=O) groups is 3. The van der Waals surface area contributed by atoms with Gasteiger partial charge in [0.2, 0.25) is 12.4 Å². The summed E-state index contributed by atoms with van der Waals surface area (Å²) in [7, 11) is 0. The van der Waals surface area contributed by atoms with Crippen LogP contribution in [0.4, 0.5) is 4.79 Å². The van der Waals surface area contributed by atoms with Crippen LogP contribution in [-0.2, 0) is 42.6 Å². The van der Waals surface area contributed by atoms with Crippen LogP contribution in [0.1, 0.15) is 63.3 Å². The van der Waals surface area contributed by atoms with Crippen molar-refractivity contribution in [2.75, 3.05) is 13.3 Å². The average Bonchev–Trinajstić information content (AvgIpc) is 3.54. The van der Waals surface area contributed by atoms with E-state index in [1.54, 1.807) is 50.5 Å². The zero-order valence-corrected chi connectivity index (χ0v) is 24.5. The first-order valence-corrected chi connectivity index (χ1v) is 14.0. The number of cyclic esters (lactones) is 1. The summed E-state index contributed by atoms with van der Waals surface area (Å²) in [4.78, 5) is 56.1. The van der Waals surface area contributed by atoms with Crippen molar-refractivity contribution >= 4 is 35.0 Å². The number of esters is 2. The highest BCUT2D eigenvalue weighted by molar-refractivity contribution is 5.96. The highest BCUT2D eigenvalue weighted by atomic mass is 16.7. The molecule has 224 valence electrons. The number of ether oxygens (including phenoxy) is 5. The van der Waals surface area contributed by atoms with Crippen LogP contribution in [0.2, 0.25) is 0 Å². The molecule has 1 amide bonds. The lowest BCUT2D eigenvalue weighted by atomic mass is 9.85. The fourth-order valence-electron chi connectivity index (χ4n) is 5.73. The zero-order valence-electron chi connectivity index (χ0n) is 24.5. The second kappa shape index (κ2) is 10.1. The number of nitrogens with one attached hydrogen (secondary N) is 1. The predicted molar refractivity (Wildman–Crippen MR) is 153 cm³/mol. The van der Waals surface area contributed by atoms with Gasteiger partial charge in [-0.15, -0.1) is 0 Å². The number of rotatable bonds is 5. The monoisotopic (exact) mass is 589 g/mol. The van der Waals surface area contributed by atoms with E-state index in [0.29, 0.717) is 34.0 Å². The van der Waals surface area contributed by atoms with Crippen molar-refractivity contribution in [3.05, 3.63) is 56.9 Å². The molecular formula is C31H31N3O9. The van der Waals surface area contributed by atoms with Gasteiger partial charge in [-0.2, -0.15) is 0 Å². The van der Waals surface area contributed by atoms with E-state index in [4.69, 9.17) is 28.7 Å². The fraction of sp³-hybridized carbons (Fsp3) is 0.387. The molecule has 0 saturated heterocycles. The molecule has 1 aromatic carbocycles. The lowest BCUT2D eigenvalue weighted by molar-refractivity contribution is -0.188. The summed E-state index contributed by atoms with van der Waals surface area (Å²) in [6.07, 6.45) is 3.19. The minimum atomic E-state index is -1.74. The lowest BCUT2D eigenvalue weighted by Crippen LogP contribution is -2.47. The molecule has 0 radical (unpaired) electrons. The van der Waals surface area contributed by atoms with Gasteiger partial charge in [-0.1, -0.05) is 19.1 Å². The topological polar surface area (TPSA) is 144 Å². The fourth-order valence-corrected chi connectivity index (χ4v) is 5.73. The third-order valence-electron chi connectivity index (χ3n) is 7.56. The van der Waals surface area contributed by atoms with E-state index in [-0.39, 0.29) is 44.0 Å². The molecule has 0 spiro atoms. The van der Waals surface area contributed by atoms with Crippen molar-refractivity contribution in [1.82, 2.24) is 14.9 Å². The number of fused-ring (bicyclic) bond motifs is 6. The lowest BCUT2D eigenvalue weighted by Gasteiger charge is -2.35. The quantitative estimate of drug-likeness (QED) is 0.269. The van der Waals surface area contributed by atoms with Crippen molar-refractivity contribution in [2.45, 2.75) is 65.4 Å². The van der Waals surface area contributed by atoms with Crippen molar-refractivity contribution in [3.63, 3.8) is 0 Å². The maximum atomic E-state index is 13.9. The minimum Gasteiger partial charge on any atom is -0.457 e. The van der Waals surface area contributed by atoms with E-state index in [9.17, 15) is 19.2 Å². The standard InChI is InChI=1S/C31H31N3O9/c1-6-31(42-16(2)35)21-11-23-26-19(13-34(23)27(36)20(21)14-39-28(31)37)17(8-7-9-32-29(38)43-30(3,4)5)18-10-24-25(41-15-40-24)12-22(18)33-26/h7-8,10-12H,6,9,13-15H2,1-5H3,(H,32,38)/b8-7+/t31-/m0/s1. The number of benzene rings is 1. The number of alkyl carbamates (subject to hydrolysis) is 1. The minimum absolute atomic E-state index is 0.0847. The van der Waals surface area contributed by atoms with E-state index < -0.39 is 29.2 Å². The summed E-state index contributed by atoms with van der Waals surface area (Å²) >= 11 is 0. The van der Waals surface area contributed by atoms with Crippen molar-refractivity contribution in [3.8, 4) is 22.9 Å². The molecule has 1 N–H and O–H groups in total. The van der Waals surface area contributed by atoms with E-state index in [1.165, 1.54) is 6.92 Å². The predicted octanol–water partition coefficient (Wildman–Crippen LogP) is 3.92. The Hall–Kier alpha value is -4.87. The molecule has 0 bridgehead atoms. The molecule has 3 aliphatic rings. The Morgan fingerprint density at radius 3 is 2.56 bits per heavy atom. The van der Waals surface area contributed by atoms with E-state index >= 15 is 0 Å². The van der Waals surface area contributed by atoms with Gasteiger partial charge in [0.1, 0.15) is 12.2 Å². The highest BCUT2D eigenvalue weighted by Crippen LogP contribution is 2.44. The van der Waals surface area contributed by atoms with Gasteiger partial charge in [0, 0.05) is 36.0 Å². The Morgan fingerprint density at radius 1 is 1.12 bits per heavy atom. The van der Waals surface area contributed by atoms with E-state index in [0.717, 1.165) is 16.5 Å². The molecule has 2 aromatic heterocycles. The van der Waals surface area contributed by atoms with Crippen LogP contribution in [0.25, 0.3) is 28.4 Å². The van der Waals surface area contributed by atoms with Gasteiger partial charge in [-0.05, 0) is 44.9 Å². The third kappa shape index (κ3) is 4.76. The second-order valence-electron chi connectivity index (χ2n) is 11.5. The largest absolute Gasteiger partial charge is 0.457 e. The van der Waals surface area contributed by atoms with Gasteiger partial charge < -0.3 is 33.6 Å². The molecule has 6 rings (SSSR count). The second-order valence-corrected chi connectivity index (χ2v) is 11.5. The Labute approximate surface area is 246 Å². The molecule has 3 aromatic rings. The first-order valence-electron chi connectivity index (χ1n) is 14.0. The first-order chi connectivity index (χ1) is 20.4. The molecule has 12 heteroatoms. The van der Waals surface area contributed by atoms with Gasteiger partial charge in [-0.3, -0.25) is 9.59 Å². The van der Waals surface area contributed by atoms with Crippen molar-refractivity contribution < 1.29 is 38.1 Å². The number of carbonyl (C=O) groups excluding carboxylic acids is 3. The normalized spacial score (nSPS) is 18.2. The molecule has 1 atom stereocenters. The SMILES string of the molecule is CC[C@@]1(OC(C)=O)C(=O)OCc2c1cc1n(c2=O)Cc2c-1nc1cc3c(cc1c2/C=C/CNC(=O)OC(C)(C)C)OCO3. The number of hydrogen-bond donors (Lipinski definition) is 1. The number of aromatic nitrogens is 2. The van der Waals surface area contributed by atoms with Gasteiger partial charge in [-0.25, -0.2) is 14.6 Å². The molecule has 43 heavy (non-hydrogen) atoms. The molecule has 12 nitrogen and oxygen atoms in total. The Morgan fingerprint density at radius 2 is 1.86 bits per heavy atom. The number of amides is 1. The number of pyridine rings is 2. The van der Waals surface area contributed by atoms with Crippen LogP contribution in [0.5, 0.6) is 11.5 Å². The summed E-state index contributed by atoms with van der Waals surface area (Å²) in [5, 5.41) is 3.48. The van der Waals surface area contributed by atoms with Gasteiger partial charge in [0.25, 0.3) is 5.56 Å². The molecular weight excluding hydrogens is 558 g/mol. The zero-order chi connectivity index (χ0) is 30.7. The molecule has 5 heterocycles. The summed E-state index contributed by atoms with van der Waals surface area (Å²) in [6.45, 7) is 8.52. The number of hydrogen-bond acceptors (Lipinski definition) is 10. The molecule has 0 saturated carbocycles. The highest BCUT2D eigenvalue weighted by Gasteiger charge is 2.50. The van der Waals surface area contributed by atoms with Crippen LogP contribution < -0.4 is 20.3 Å². The first kappa shape index (κ1) is 28.3. The Balaban J connectivity index is 1.49. The third-order valence-corrected chi connectivity index (χ3v) is 7.56. The molecule has 0 unspecified atom stereocenters. The molecule has 0 fully saturated rings. The van der Waals surface area contributed by atoms with Crippen LogP contribution >= 0.6 is 0 Å². The van der Waals surface area contributed by atoms with Gasteiger partial charge in [0.15, 0.2) is 11.5 Å². The number of nitrogens with zero attached hydrogens (tertiary/aromatic N) is 2. The van der Waals surface area contributed by atoms with E-state index in [1.807, 2.05) is 12.1 Å². The maximum Gasteiger partial charge on any atom is 0.407 e. The Kier molecular flexibility index (Phi) is 6.67. The van der Waals surface area contributed by atoms with E-state index in [2.05, 4.69) is 5.32 Å². The van der Waals surface area contributed by atoms with Gasteiger partial charge >= 0.3 is 18.0 Å². The van der Waals surface area contributed by atoms with Crippen LogP contribution in [-0.4, -0.2) is 46.5 Å². The van der Waals surface area contributed by atoms with Crippen molar-refractivity contribution in [2.24, 2.45) is 0 Å².